The molecule has 7 heteroatoms. The molecule has 25 heavy (non-hydrogen) atoms. The number of ether oxygens (including phenoxy) is 1. The number of benzene rings is 1. The second kappa shape index (κ2) is 6.15. The Kier molecular flexibility index (Phi) is 3.95. The van der Waals surface area contributed by atoms with Crippen LogP contribution in [0.5, 0.6) is 0 Å². The highest BCUT2D eigenvalue weighted by atomic mass is 16.5. The summed E-state index contributed by atoms with van der Waals surface area (Å²) in [5.74, 6) is 0.441. The molecule has 0 radical (unpaired) electrons. The van der Waals surface area contributed by atoms with E-state index in [2.05, 4.69) is 34.6 Å². The Morgan fingerprint density at radius 2 is 2.32 bits per heavy atom. The molecule has 2 N–H and O–H groups in total. The third-order valence-corrected chi connectivity index (χ3v) is 5.43. The number of aromatic nitrogens is 3. The van der Waals surface area contributed by atoms with Crippen molar-refractivity contribution in [1.82, 2.24) is 25.4 Å². The fraction of sp³-hybridized carbons (Fsp3) is 0.500. The minimum absolute atomic E-state index is 0.00842. The van der Waals surface area contributed by atoms with Crippen LogP contribution in [0.2, 0.25) is 0 Å². The molecule has 1 saturated carbocycles. The number of hydrogen-bond acceptors (Lipinski definition) is 4. The summed E-state index contributed by atoms with van der Waals surface area (Å²) in [5, 5.41) is 10.2. The lowest BCUT2D eigenvalue weighted by atomic mass is 9.57. The number of carbonyl (C=O) groups excluding carboxylic acids is 1. The van der Waals surface area contributed by atoms with Crippen LogP contribution in [0, 0.1) is 11.3 Å². The number of amides is 2. The van der Waals surface area contributed by atoms with E-state index in [1.165, 1.54) is 6.33 Å². The first-order valence-corrected chi connectivity index (χ1v) is 8.65. The van der Waals surface area contributed by atoms with Crippen LogP contribution >= 0.6 is 0 Å². The van der Waals surface area contributed by atoms with Crippen molar-refractivity contribution in [1.29, 1.82) is 0 Å². The predicted octanol–water partition coefficient (Wildman–Crippen LogP) is 1.88. The topological polar surface area (TPSA) is 81.1 Å². The fourth-order valence-electron chi connectivity index (χ4n) is 4.14. The molecule has 1 saturated heterocycles. The molecule has 2 amide bonds. The average molecular weight is 341 g/mol. The summed E-state index contributed by atoms with van der Waals surface area (Å²) in [4.78, 5) is 16.3. The van der Waals surface area contributed by atoms with Gasteiger partial charge in [-0.25, -0.2) is 14.5 Å². The monoisotopic (exact) mass is 341 g/mol. The lowest BCUT2D eigenvalue weighted by Crippen LogP contribution is -2.67. The number of nitrogens with one attached hydrogen (secondary N) is 2. The molecule has 1 aliphatic heterocycles. The van der Waals surface area contributed by atoms with Crippen LogP contribution in [0.1, 0.15) is 25.8 Å². The van der Waals surface area contributed by atoms with Gasteiger partial charge in [0.25, 0.3) is 0 Å². The van der Waals surface area contributed by atoms with Crippen LogP contribution in [0.3, 0.4) is 0 Å². The largest absolute Gasteiger partial charge is 0.377 e. The van der Waals surface area contributed by atoms with Crippen molar-refractivity contribution >= 4 is 6.03 Å². The molecule has 2 heterocycles. The van der Waals surface area contributed by atoms with Crippen LogP contribution in [-0.4, -0.2) is 39.5 Å². The van der Waals surface area contributed by atoms with Gasteiger partial charge in [0.1, 0.15) is 12.7 Å². The van der Waals surface area contributed by atoms with Crippen LogP contribution in [-0.2, 0) is 11.3 Å². The Labute approximate surface area is 146 Å². The van der Waals surface area contributed by atoms with Crippen molar-refractivity contribution in [2.75, 3.05) is 6.61 Å². The molecule has 0 unspecified atom stereocenters. The Balaban J connectivity index is 1.34. The summed E-state index contributed by atoms with van der Waals surface area (Å²) in [6.07, 6.45) is 4.45. The zero-order chi connectivity index (χ0) is 17.4. The number of urea groups is 1. The molecule has 0 bridgehead atoms. The molecule has 2 aromatic rings. The summed E-state index contributed by atoms with van der Waals surface area (Å²) < 4.78 is 7.47. The lowest BCUT2D eigenvalue weighted by molar-refractivity contribution is -0.108. The highest BCUT2D eigenvalue weighted by Gasteiger charge is 2.59. The van der Waals surface area contributed by atoms with E-state index < -0.39 is 0 Å². The van der Waals surface area contributed by atoms with E-state index >= 15 is 0 Å². The third kappa shape index (κ3) is 2.89. The van der Waals surface area contributed by atoms with Crippen LogP contribution in [0.4, 0.5) is 4.79 Å². The van der Waals surface area contributed by atoms with Gasteiger partial charge in [-0.05, 0) is 24.1 Å². The normalized spacial score (nSPS) is 26.6. The first kappa shape index (κ1) is 16.1. The maximum absolute atomic E-state index is 12.3. The Hall–Kier alpha value is -2.41. The van der Waals surface area contributed by atoms with Crippen LogP contribution in [0.15, 0.2) is 36.9 Å². The highest BCUT2D eigenvalue weighted by molar-refractivity contribution is 5.74. The lowest BCUT2D eigenvalue weighted by Gasteiger charge is -2.54. The fourth-order valence-corrected chi connectivity index (χ4v) is 4.14. The third-order valence-electron chi connectivity index (χ3n) is 5.43. The molecule has 4 rings (SSSR count). The molecular formula is C18H23N5O2. The zero-order valence-corrected chi connectivity index (χ0v) is 14.5. The van der Waals surface area contributed by atoms with E-state index in [0.29, 0.717) is 12.5 Å². The van der Waals surface area contributed by atoms with Crippen molar-refractivity contribution in [3.8, 4) is 5.69 Å². The summed E-state index contributed by atoms with van der Waals surface area (Å²) in [5.41, 5.74) is 1.92. The van der Waals surface area contributed by atoms with E-state index in [1.807, 2.05) is 24.3 Å². The maximum atomic E-state index is 12.3. The molecule has 2 aliphatic rings. The molecule has 7 nitrogen and oxygen atoms in total. The molecule has 1 aliphatic carbocycles. The minimum atomic E-state index is -0.130. The number of fused-ring (bicyclic) bond motifs is 1. The summed E-state index contributed by atoms with van der Waals surface area (Å²) in [6, 6.07) is 7.91. The quantitative estimate of drug-likeness (QED) is 0.890. The van der Waals surface area contributed by atoms with Crippen molar-refractivity contribution in [3.63, 3.8) is 0 Å². The van der Waals surface area contributed by atoms with Gasteiger partial charge in [-0.15, -0.1) is 0 Å². The minimum Gasteiger partial charge on any atom is -0.377 e. The van der Waals surface area contributed by atoms with Crippen molar-refractivity contribution in [2.45, 2.75) is 39.0 Å². The molecule has 1 aromatic heterocycles. The second-order valence-electron chi connectivity index (χ2n) is 7.38. The van der Waals surface area contributed by atoms with Gasteiger partial charge in [-0.2, -0.15) is 5.10 Å². The van der Waals surface area contributed by atoms with Gasteiger partial charge in [0.05, 0.1) is 11.8 Å². The van der Waals surface area contributed by atoms with E-state index in [0.717, 1.165) is 24.3 Å². The SMILES string of the molecule is CC1(C)[C@H](NC(=O)NCc2cccc(-n3cncn3)c2)[C@H]2CCO[C@@H]21. The number of hydrogen-bond donors (Lipinski definition) is 2. The first-order valence-electron chi connectivity index (χ1n) is 8.65. The van der Waals surface area contributed by atoms with E-state index in [1.54, 1.807) is 11.0 Å². The number of carbonyl (C=O) groups is 1. The van der Waals surface area contributed by atoms with Gasteiger partial charge in [0, 0.05) is 30.5 Å². The van der Waals surface area contributed by atoms with Gasteiger partial charge in [-0.1, -0.05) is 26.0 Å². The van der Waals surface area contributed by atoms with Crippen molar-refractivity contribution in [2.24, 2.45) is 11.3 Å². The average Bonchev–Trinajstić information content (AvgIpc) is 3.28. The van der Waals surface area contributed by atoms with Gasteiger partial charge in [0.15, 0.2) is 0 Å². The van der Waals surface area contributed by atoms with E-state index in [4.69, 9.17) is 4.74 Å². The maximum Gasteiger partial charge on any atom is 0.315 e. The Morgan fingerprint density at radius 1 is 1.44 bits per heavy atom. The second-order valence-corrected chi connectivity index (χ2v) is 7.38. The standard InChI is InChI=1S/C18H23N5O2/c1-18(2)15(14-6-7-25-16(14)18)22-17(24)20-9-12-4-3-5-13(8-12)23-11-19-10-21-23/h3-5,8,10-11,14-16H,6-7,9H2,1-2H3,(H2,20,22,24)/t14-,15-,16+/m1/s1. The number of rotatable bonds is 4. The Bertz CT molecular complexity index is 759. The first-order chi connectivity index (χ1) is 12.1. The smallest absolute Gasteiger partial charge is 0.315 e. The molecular weight excluding hydrogens is 318 g/mol. The van der Waals surface area contributed by atoms with Gasteiger partial charge >= 0.3 is 6.03 Å². The summed E-state index contributed by atoms with van der Waals surface area (Å²) in [7, 11) is 0. The van der Waals surface area contributed by atoms with Gasteiger partial charge in [-0.3, -0.25) is 0 Å². The molecule has 1 aromatic carbocycles. The van der Waals surface area contributed by atoms with Crippen molar-refractivity contribution in [3.05, 3.63) is 42.5 Å². The van der Waals surface area contributed by atoms with Crippen LogP contribution in [0.25, 0.3) is 5.69 Å². The number of nitrogens with zero attached hydrogens (tertiary/aromatic N) is 3. The molecule has 0 spiro atoms. The van der Waals surface area contributed by atoms with Gasteiger partial charge < -0.3 is 15.4 Å². The van der Waals surface area contributed by atoms with Crippen molar-refractivity contribution < 1.29 is 9.53 Å². The highest BCUT2D eigenvalue weighted by Crippen LogP contribution is 2.52. The van der Waals surface area contributed by atoms with Crippen LogP contribution < -0.4 is 10.6 Å². The van der Waals surface area contributed by atoms with Gasteiger partial charge in [0.2, 0.25) is 0 Å². The predicted molar refractivity (Wildman–Crippen MR) is 92.1 cm³/mol. The summed E-state index contributed by atoms with van der Waals surface area (Å²) in [6.45, 7) is 5.58. The van der Waals surface area contributed by atoms with E-state index in [9.17, 15) is 4.79 Å². The molecule has 3 atom stereocenters. The zero-order valence-electron chi connectivity index (χ0n) is 14.5. The van der Waals surface area contributed by atoms with E-state index in [-0.39, 0.29) is 23.6 Å². The molecule has 2 fully saturated rings. The molecule has 132 valence electrons. The Morgan fingerprint density at radius 3 is 3.12 bits per heavy atom. The summed E-state index contributed by atoms with van der Waals surface area (Å²) >= 11 is 0.